The normalized spacial score (nSPS) is 20.1. The zero-order chi connectivity index (χ0) is 31.3. The van der Waals surface area contributed by atoms with Crippen molar-refractivity contribution < 1.29 is 36.8 Å². The number of carboxylic acids is 1. The van der Waals surface area contributed by atoms with Crippen molar-refractivity contribution in [1.29, 1.82) is 0 Å². The van der Waals surface area contributed by atoms with Crippen LogP contribution in [0.3, 0.4) is 0 Å². The number of hydrogen-bond donors (Lipinski definition) is 1. The van der Waals surface area contributed by atoms with Crippen LogP contribution in [0.2, 0.25) is 0 Å². The highest BCUT2D eigenvalue weighted by Crippen LogP contribution is 2.55. The second-order valence-electron chi connectivity index (χ2n) is 13.1. The number of rotatable bonds is 8. The minimum Gasteiger partial charge on any atom is -0.493 e. The van der Waals surface area contributed by atoms with Crippen LogP contribution in [0.15, 0.2) is 76.0 Å². The van der Waals surface area contributed by atoms with Crippen LogP contribution in [-0.2, 0) is 24.5 Å². The number of allylic oxidation sites excluding steroid dienone is 4. The maximum atomic E-state index is 13.9. The molecule has 0 saturated heterocycles. The molecule has 0 spiro atoms. The Morgan fingerprint density at radius 2 is 1.44 bits per heavy atom. The van der Waals surface area contributed by atoms with E-state index in [4.69, 9.17) is 8.92 Å². The van der Waals surface area contributed by atoms with E-state index in [1.807, 2.05) is 32.6 Å². The highest BCUT2D eigenvalue weighted by atomic mass is 32.2. The predicted molar refractivity (Wildman–Crippen MR) is 159 cm³/mol. The number of nitrogens with zero attached hydrogens (tertiary/aromatic N) is 1. The minimum absolute atomic E-state index is 0.00899. The molecule has 2 aromatic rings. The third kappa shape index (κ3) is 5.98. The molecule has 1 aliphatic heterocycles. The average molecular weight is 608 g/mol. The molecule has 43 heavy (non-hydrogen) atoms. The van der Waals surface area contributed by atoms with Gasteiger partial charge in [-0.25, -0.2) is 0 Å². The molecule has 1 N–H and O–H groups in total. The Bertz CT molecular complexity index is 1610. The highest BCUT2D eigenvalue weighted by molar-refractivity contribution is 7.87. The number of ether oxygens (including phenoxy) is 1. The average Bonchev–Trinajstić information content (AvgIpc) is 2.90. The van der Waals surface area contributed by atoms with Crippen LogP contribution >= 0.6 is 0 Å². The topological polar surface area (TPSA) is 127 Å². The second kappa shape index (κ2) is 11.0. The molecule has 0 atom stereocenters. The lowest BCUT2D eigenvalue weighted by Crippen LogP contribution is -2.45. The number of benzene rings is 2. The van der Waals surface area contributed by atoms with Gasteiger partial charge in [-0.15, -0.1) is 0 Å². The summed E-state index contributed by atoms with van der Waals surface area (Å²) in [5, 5.41) is 9.55. The second-order valence-corrected chi connectivity index (χ2v) is 14.6. The number of carboxylic acid groups (broad SMARTS) is 1. The molecule has 0 amide bonds. The Balaban J connectivity index is 1.67. The first kappa shape index (κ1) is 30.5. The van der Waals surface area contributed by atoms with Gasteiger partial charge in [-0.2, -0.15) is 8.42 Å². The van der Waals surface area contributed by atoms with Gasteiger partial charge in [-0.05, 0) is 53.5 Å². The Morgan fingerprint density at radius 3 is 1.95 bits per heavy atom. The van der Waals surface area contributed by atoms with Crippen molar-refractivity contribution in [1.82, 2.24) is 4.90 Å². The molecule has 1 heterocycles. The zero-order valence-electron chi connectivity index (χ0n) is 25.1. The van der Waals surface area contributed by atoms with E-state index in [0.717, 1.165) is 11.4 Å². The minimum atomic E-state index is -4.15. The molecule has 0 aromatic heterocycles. The van der Waals surface area contributed by atoms with E-state index in [1.165, 1.54) is 25.3 Å². The van der Waals surface area contributed by atoms with Gasteiger partial charge >= 0.3 is 16.1 Å². The summed E-state index contributed by atoms with van der Waals surface area (Å²) in [6, 6.07) is 12.6. The third-order valence-electron chi connectivity index (χ3n) is 8.32. The molecule has 2 aliphatic carbocycles. The van der Waals surface area contributed by atoms with Gasteiger partial charge in [-0.1, -0.05) is 52.0 Å². The first-order chi connectivity index (χ1) is 20.1. The number of Topliss-reactive ketones (excluding diaryl/α,β-unsaturated/α-hetero) is 2. The van der Waals surface area contributed by atoms with Crippen LogP contribution in [0.5, 0.6) is 11.5 Å². The van der Waals surface area contributed by atoms with Crippen molar-refractivity contribution >= 4 is 27.7 Å². The fourth-order valence-corrected chi connectivity index (χ4v) is 7.51. The van der Waals surface area contributed by atoms with Gasteiger partial charge in [0, 0.05) is 47.8 Å². The Kier molecular flexibility index (Phi) is 7.79. The van der Waals surface area contributed by atoms with Crippen molar-refractivity contribution in [2.75, 3.05) is 13.7 Å². The number of ketones is 2. The van der Waals surface area contributed by atoms with Gasteiger partial charge in [-0.3, -0.25) is 14.4 Å². The monoisotopic (exact) mass is 607 g/mol. The number of carbonyl (C=O) groups excluding carboxylic acids is 2. The molecule has 3 aliphatic rings. The van der Waals surface area contributed by atoms with Crippen molar-refractivity contribution in [3.05, 3.63) is 76.6 Å². The van der Waals surface area contributed by atoms with E-state index in [0.29, 0.717) is 29.6 Å². The predicted octanol–water partition coefficient (Wildman–Crippen LogP) is 5.62. The molecule has 2 aromatic carbocycles. The fraction of sp³-hybridized carbons (Fsp3) is 0.424. The van der Waals surface area contributed by atoms with E-state index >= 15 is 0 Å². The van der Waals surface area contributed by atoms with Gasteiger partial charge in [0.15, 0.2) is 23.1 Å². The van der Waals surface area contributed by atoms with Crippen LogP contribution in [0, 0.1) is 10.8 Å². The van der Waals surface area contributed by atoms with Crippen molar-refractivity contribution in [2.45, 2.75) is 70.6 Å². The van der Waals surface area contributed by atoms with Crippen molar-refractivity contribution in [3.63, 3.8) is 0 Å². The number of hydrogen-bond acceptors (Lipinski definition) is 8. The van der Waals surface area contributed by atoms with Crippen molar-refractivity contribution in [3.8, 4) is 11.5 Å². The maximum Gasteiger partial charge on any atom is 0.339 e. The van der Waals surface area contributed by atoms with Gasteiger partial charge in [0.1, 0.15) is 4.90 Å². The Morgan fingerprint density at radius 1 is 0.884 bits per heavy atom. The molecular formula is C33H37NO8S. The van der Waals surface area contributed by atoms with E-state index in [9.17, 15) is 27.9 Å². The molecule has 5 rings (SSSR count). The molecule has 228 valence electrons. The number of aliphatic carboxylic acids is 1. The summed E-state index contributed by atoms with van der Waals surface area (Å²) >= 11 is 0. The molecule has 0 saturated carbocycles. The van der Waals surface area contributed by atoms with Crippen molar-refractivity contribution in [2.24, 2.45) is 10.8 Å². The lowest BCUT2D eigenvalue weighted by molar-refractivity contribution is -0.137. The smallest absolute Gasteiger partial charge is 0.339 e. The summed E-state index contributed by atoms with van der Waals surface area (Å²) in [7, 11) is -2.75. The van der Waals surface area contributed by atoms with E-state index in [1.54, 1.807) is 30.3 Å². The maximum absolute atomic E-state index is 13.9. The van der Waals surface area contributed by atoms with Crippen LogP contribution in [0.1, 0.15) is 71.3 Å². The van der Waals surface area contributed by atoms with Gasteiger partial charge < -0.3 is 18.9 Å². The third-order valence-corrected chi connectivity index (χ3v) is 9.57. The first-order valence-corrected chi connectivity index (χ1v) is 15.7. The quantitative estimate of drug-likeness (QED) is 0.380. The molecular weight excluding hydrogens is 570 g/mol. The molecule has 0 radical (unpaired) electrons. The summed E-state index contributed by atoms with van der Waals surface area (Å²) < 4.78 is 36.9. The van der Waals surface area contributed by atoms with Gasteiger partial charge in [0.25, 0.3) is 0 Å². The fourth-order valence-electron chi connectivity index (χ4n) is 6.54. The summed E-state index contributed by atoms with van der Waals surface area (Å²) in [5.41, 5.74) is 2.38. The van der Waals surface area contributed by atoms with E-state index in [-0.39, 0.29) is 64.6 Å². The Labute approximate surface area is 252 Å². The number of carbonyl (C=O) groups is 3. The SMILES string of the molecule is COc1cc(C2C3=C(CC(C)(C)CC3=O)N(CCC(=O)O)C3=C2C(=O)CC(C)(C)C3)ccc1OS(=O)(=O)c1ccccc1. The zero-order valence-corrected chi connectivity index (χ0v) is 25.9. The molecule has 0 unspecified atom stereocenters. The summed E-state index contributed by atoms with van der Waals surface area (Å²) in [6.45, 7) is 8.21. The van der Waals surface area contributed by atoms with E-state index in [2.05, 4.69) is 0 Å². The lowest BCUT2D eigenvalue weighted by atomic mass is 9.63. The highest BCUT2D eigenvalue weighted by Gasteiger charge is 2.49. The van der Waals surface area contributed by atoms with E-state index < -0.39 is 22.0 Å². The van der Waals surface area contributed by atoms with Crippen LogP contribution in [0.4, 0.5) is 0 Å². The van der Waals surface area contributed by atoms with Gasteiger partial charge in [0.2, 0.25) is 0 Å². The van der Waals surface area contributed by atoms with Gasteiger partial charge in [0.05, 0.1) is 13.5 Å². The Hall–Kier alpha value is -3.92. The standard InChI is InChI=1S/C33H37NO8S/c1-32(2)16-22-30(24(35)18-32)29(31-23(34(22)14-13-28(37)38)17-33(3,4)19-25(31)36)20-11-12-26(27(15-20)41-5)42-43(39,40)21-9-7-6-8-10-21/h6-12,15,29H,13-14,16-19H2,1-5H3,(H,37,38). The molecule has 0 fully saturated rings. The summed E-state index contributed by atoms with van der Waals surface area (Å²) in [4.78, 5) is 41.4. The molecule has 9 nitrogen and oxygen atoms in total. The first-order valence-electron chi connectivity index (χ1n) is 14.3. The lowest BCUT2D eigenvalue weighted by Gasteiger charge is -2.49. The summed E-state index contributed by atoms with van der Waals surface area (Å²) in [6.07, 6.45) is 1.51. The van der Waals surface area contributed by atoms with Crippen LogP contribution < -0.4 is 8.92 Å². The van der Waals surface area contributed by atoms with Crippen LogP contribution in [0.25, 0.3) is 0 Å². The molecule has 0 bridgehead atoms. The molecule has 10 heteroatoms. The summed E-state index contributed by atoms with van der Waals surface area (Å²) in [5.74, 6) is -1.73. The number of methoxy groups -OCH3 is 1. The largest absolute Gasteiger partial charge is 0.493 e. The van der Waals surface area contributed by atoms with Crippen LogP contribution in [-0.4, -0.2) is 49.6 Å².